The van der Waals surface area contributed by atoms with Gasteiger partial charge in [-0.25, -0.2) is 4.98 Å². The van der Waals surface area contributed by atoms with E-state index in [2.05, 4.69) is 50.1 Å². The fourth-order valence-electron chi connectivity index (χ4n) is 3.43. The zero-order valence-electron chi connectivity index (χ0n) is 14.1. The van der Waals surface area contributed by atoms with E-state index in [1.165, 1.54) is 29.7 Å². The summed E-state index contributed by atoms with van der Waals surface area (Å²) in [4.78, 5) is 16.6. The van der Waals surface area contributed by atoms with Crippen LogP contribution in [-0.2, 0) is 0 Å². The number of nitrogens with one attached hydrogen (secondary N) is 2. The molecule has 0 bridgehead atoms. The highest BCUT2D eigenvalue weighted by atomic mass is 32.1. The van der Waals surface area contributed by atoms with E-state index in [1.807, 2.05) is 12.1 Å². The van der Waals surface area contributed by atoms with E-state index in [4.69, 9.17) is 0 Å². The highest BCUT2D eigenvalue weighted by Gasteiger charge is 2.28. The number of carbonyl (C=O) groups is 1. The van der Waals surface area contributed by atoms with Crippen LogP contribution in [0.25, 0.3) is 0 Å². The number of nitrogens with zero attached hydrogens (tertiary/aromatic N) is 3. The summed E-state index contributed by atoms with van der Waals surface area (Å²) in [5, 5.41) is 14.2. The highest BCUT2D eigenvalue weighted by Crippen LogP contribution is 2.36. The van der Waals surface area contributed by atoms with Crippen LogP contribution in [0.3, 0.4) is 0 Å². The molecular formula is C19H19N5OS. The normalized spacial score (nSPS) is 19.2. The first-order valence-corrected chi connectivity index (χ1v) is 9.52. The second kappa shape index (κ2) is 7.61. The van der Waals surface area contributed by atoms with Gasteiger partial charge in [-0.3, -0.25) is 10.1 Å². The molecule has 3 aromatic rings. The number of rotatable bonds is 5. The van der Waals surface area contributed by atoms with Crippen LogP contribution in [0.15, 0.2) is 54.2 Å². The molecule has 2 aromatic heterocycles. The van der Waals surface area contributed by atoms with E-state index in [0.717, 1.165) is 12.2 Å². The Morgan fingerprint density at radius 3 is 2.73 bits per heavy atom. The quantitative estimate of drug-likeness (QED) is 0.716. The summed E-state index contributed by atoms with van der Waals surface area (Å²) < 4.78 is 0. The Morgan fingerprint density at radius 1 is 1.12 bits per heavy atom. The van der Waals surface area contributed by atoms with E-state index in [1.54, 1.807) is 17.8 Å². The van der Waals surface area contributed by atoms with Crippen LogP contribution >= 0.6 is 11.3 Å². The summed E-state index contributed by atoms with van der Waals surface area (Å²) in [5.74, 6) is 1.06. The van der Waals surface area contributed by atoms with Gasteiger partial charge in [0.05, 0.1) is 5.56 Å². The second-order valence-corrected chi connectivity index (χ2v) is 7.16. The zero-order valence-corrected chi connectivity index (χ0v) is 14.9. The second-order valence-electron chi connectivity index (χ2n) is 6.33. The summed E-state index contributed by atoms with van der Waals surface area (Å²) >= 11 is 1.28. The summed E-state index contributed by atoms with van der Waals surface area (Å²) in [5.41, 5.74) is 3.44. The van der Waals surface area contributed by atoms with Crippen molar-refractivity contribution in [3.05, 3.63) is 65.3 Å². The SMILES string of the molecule is O=C(Nc1nncs1)c1ccc(N[C@@H]2CCC[C@H]2c2ccccc2)nc1. The van der Waals surface area contributed by atoms with Gasteiger partial charge in [0.15, 0.2) is 0 Å². The average molecular weight is 365 g/mol. The molecule has 1 fully saturated rings. The molecule has 0 spiro atoms. The van der Waals surface area contributed by atoms with E-state index in [9.17, 15) is 4.79 Å². The Morgan fingerprint density at radius 2 is 2.00 bits per heavy atom. The average Bonchev–Trinajstić information content (AvgIpc) is 3.35. The number of carbonyl (C=O) groups excluding carboxylic acids is 1. The minimum atomic E-state index is -0.233. The molecule has 1 amide bonds. The fourth-order valence-corrected chi connectivity index (χ4v) is 3.87. The number of aromatic nitrogens is 3. The molecular weight excluding hydrogens is 346 g/mol. The topological polar surface area (TPSA) is 79.8 Å². The Balaban J connectivity index is 1.41. The molecule has 2 N–H and O–H groups in total. The molecule has 1 aliphatic carbocycles. The van der Waals surface area contributed by atoms with Crippen LogP contribution < -0.4 is 10.6 Å². The third kappa shape index (κ3) is 3.72. The lowest BCUT2D eigenvalue weighted by Gasteiger charge is -2.22. The van der Waals surface area contributed by atoms with E-state index in [-0.39, 0.29) is 5.91 Å². The van der Waals surface area contributed by atoms with Gasteiger partial charge in [-0.15, -0.1) is 10.2 Å². The third-order valence-electron chi connectivity index (χ3n) is 4.68. The molecule has 2 heterocycles. The van der Waals surface area contributed by atoms with Crippen molar-refractivity contribution >= 4 is 28.2 Å². The predicted molar refractivity (Wildman–Crippen MR) is 103 cm³/mol. The predicted octanol–water partition coefficient (Wildman–Crippen LogP) is 3.93. The lowest BCUT2D eigenvalue weighted by atomic mass is 9.94. The summed E-state index contributed by atoms with van der Waals surface area (Å²) in [6.07, 6.45) is 5.11. The van der Waals surface area contributed by atoms with Gasteiger partial charge >= 0.3 is 0 Å². The van der Waals surface area contributed by atoms with Crippen molar-refractivity contribution < 1.29 is 4.79 Å². The Hall–Kier alpha value is -2.80. The van der Waals surface area contributed by atoms with Crippen LogP contribution in [0.2, 0.25) is 0 Å². The van der Waals surface area contributed by atoms with Crippen LogP contribution in [-0.4, -0.2) is 27.1 Å². The molecule has 1 saturated carbocycles. The van der Waals surface area contributed by atoms with Crippen molar-refractivity contribution in [2.75, 3.05) is 10.6 Å². The number of hydrogen-bond donors (Lipinski definition) is 2. The first kappa shape index (κ1) is 16.7. The molecule has 6 nitrogen and oxygen atoms in total. The zero-order chi connectivity index (χ0) is 17.8. The van der Waals surface area contributed by atoms with Gasteiger partial charge in [0.25, 0.3) is 5.91 Å². The van der Waals surface area contributed by atoms with Crippen LogP contribution in [0.1, 0.15) is 41.1 Å². The van der Waals surface area contributed by atoms with Gasteiger partial charge in [0.2, 0.25) is 5.13 Å². The maximum absolute atomic E-state index is 12.2. The Bertz CT molecular complexity index is 851. The molecule has 132 valence electrons. The minimum Gasteiger partial charge on any atom is -0.367 e. The molecule has 1 aromatic carbocycles. The van der Waals surface area contributed by atoms with Gasteiger partial charge in [-0.2, -0.15) is 0 Å². The van der Waals surface area contributed by atoms with Crippen molar-refractivity contribution in [2.45, 2.75) is 31.2 Å². The number of hydrogen-bond acceptors (Lipinski definition) is 6. The standard InChI is InChI=1S/C19H19N5OS/c25-18(23-19-24-21-12-26-19)14-9-10-17(20-11-14)22-16-8-4-7-15(16)13-5-2-1-3-6-13/h1-3,5-6,9-12,15-16H,4,7-8H2,(H,20,22)(H,23,24,25)/t15-,16+/m0/s1. The Labute approximate surface area is 155 Å². The van der Waals surface area contributed by atoms with Gasteiger partial charge in [-0.05, 0) is 30.5 Å². The number of benzene rings is 1. The van der Waals surface area contributed by atoms with Gasteiger partial charge in [0, 0.05) is 18.2 Å². The summed E-state index contributed by atoms with van der Waals surface area (Å²) in [7, 11) is 0. The number of amides is 1. The molecule has 0 aliphatic heterocycles. The first-order chi connectivity index (χ1) is 12.8. The monoisotopic (exact) mass is 365 g/mol. The molecule has 2 atom stereocenters. The molecule has 4 rings (SSSR count). The van der Waals surface area contributed by atoms with Crippen LogP contribution in [0.4, 0.5) is 10.9 Å². The summed E-state index contributed by atoms with van der Waals surface area (Å²) in [6.45, 7) is 0. The van der Waals surface area contributed by atoms with Crippen molar-refractivity contribution in [2.24, 2.45) is 0 Å². The number of anilines is 2. The smallest absolute Gasteiger partial charge is 0.259 e. The van der Waals surface area contributed by atoms with Gasteiger partial charge in [0.1, 0.15) is 11.3 Å². The molecule has 0 unspecified atom stereocenters. The molecule has 0 radical (unpaired) electrons. The van der Waals surface area contributed by atoms with Crippen LogP contribution in [0.5, 0.6) is 0 Å². The first-order valence-electron chi connectivity index (χ1n) is 8.64. The molecule has 1 aliphatic rings. The van der Waals surface area contributed by atoms with E-state index >= 15 is 0 Å². The van der Waals surface area contributed by atoms with Crippen LogP contribution in [0, 0.1) is 0 Å². The van der Waals surface area contributed by atoms with Crippen molar-refractivity contribution in [3.63, 3.8) is 0 Å². The van der Waals surface area contributed by atoms with E-state index < -0.39 is 0 Å². The fraction of sp³-hybridized carbons (Fsp3) is 0.263. The molecule has 7 heteroatoms. The summed E-state index contributed by atoms with van der Waals surface area (Å²) in [6, 6.07) is 14.6. The molecule has 26 heavy (non-hydrogen) atoms. The lowest BCUT2D eigenvalue weighted by molar-refractivity contribution is 0.102. The number of pyridine rings is 1. The van der Waals surface area contributed by atoms with E-state index in [0.29, 0.717) is 22.7 Å². The van der Waals surface area contributed by atoms with Crippen molar-refractivity contribution in [3.8, 4) is 0 Å². The van der Waals surface area contributed by atoms with Crippen molar-refractivity contribution in [1.29, 1.82) is 0 Å². The lowest BCUT2D eigenvalue weighted by Crippen LogP contribution is -2.23. The largest absolute Gasteiger partial charge is 0.367 e. The van der Waals surface area contributed by atoms with Crippen molar-refractivity contribution in [1.82, 2.24) is 15.2 Å². The maximum atomic E-state index is 12.2. The minimum absolute atomic E-state index is 0.233. The highest BCUT2D eigenvalue weighted by molar-refractivity contribution is 7.13. The van der Waals surface area contributed by atoms with Gasteiger partial charge in [-0.1, -0.05) is 48.1 Å². The maximum Gasteiger partial charge on any atom is 0.259 e. The third-order valence-corrected chi connectivity index (χ3v) is 5.29. The Kier molecular flexibility index (Phi) is 4.88. The van der Waals surface area contributed by atoms with Gasteiger partial charge < -0.3 is 5.32 Å². The molecule has 0 saturated heterocycles.